The lowest BCUT2D eigenvalue weighted by atomic mass is 9.86. The Hall–Kier alpha value is -3.53. The van der Waals surface area contributed by atoms with E-state index in [0.29, 0.717) is 0 Å². The first-order chi connectivity index (χ1) is 15.3. The first-order valence-corrected chi connectivity index (χ1v) is 11.3. The van der Waals surface area contributed by atoms with Crippen molar-refractivity contribution in [2.45, 2.75) is 25.7 Å². The molecule has 0 fully saturated rings. The third-order valence-corrected chi connectivity index (χ3v) is 7.07. The lowest BCUT2D eigenvalue weighted by Crippen LogP contribution is -2.34. The van der Waals surface area contributed by atoms with E-state index < -0.39 is 0 Å². The highest BCUT2D eigenvalue weighted by molar-refractivity contribution is 5.92. The maximum Gasteiger partial charge on any atom is 0.0931 e. The van der Waals surface area contributed by atoms with Crippen LogP contribution in [0, 0.1) is 0 Å². The molecule has 152 valence electrons. The molecule has 0 saturated carbocycles. The van der Waals surface area contributed by atoms with Crippen LogP contribution in [-0.2, 0) is 12.8 Å². The van der Waals surface area contributed by atoms with E-state index in [0.717, 1.165) is 16.7 Å². The van der Waals surface area contributed by atoms with Crippen LogP contribution in [0.4, 0.5) is 5.69 Å². The molecule has 4 heterocycles. The molecule has 0 spiro atoms. The number of aromatic nitrogens is 3. The number of rotatable bonds is 2. The summed E-state index contributed by atoms with van der Waals surface area (Å²) in [6, 6.07) is 20.2. The van der Waals surface area contributed by atoms with Gasteiger partial charge in [0, 0.05) is 40.9 Å². The van der Waals surface area contributed by atoms with Crippen molar-refractivity contribution in [1.29, 1.82) is 0 Å². The van der Waals surface area contributed by atoms with Crippen molar-refractivity contribution in [2.24, 2.45) is 0 Å². The summed E-state index contributed by atoms with van der Waals surface area (Å²) in [4.78, 5) is 13.8. The molecule has 0 saturated heterocycles. The Morgan fingerprint density at radius 1 is 0.806 bits per heavy atom. The molecule has 7 rings (SSSR count). The van der Waals surface area contributed by atoms with Crippen molar-refractivity contribution in [1.82, 2.24) is 15.0 Å². The largest absolute Gasteiger partial charge is 0.371 e. The third kappa shape index (κ3) is 2.64. The van der Waals surface area contributed by atoms with Crippen molar-refractivity contribution in [2.75, 3.05) is 18.0 Å². The van der Waals surface area contributed by atoms with E-state index >= 15 is 0 Å². The van der Waals surface area contributed by atoms with Gasteiger partial charge in [-0.3, -0.25) is 0 Å². The zero-order valence-electron chi connectivity index (χ0n) is 17.4. The number of aromatic amines is 2. The number of anilines is 1. The van der Waals surface area contributed by atoms with E-state index in [9.17, 15) is 0 Å². The van der Waals surface area contributed by atoms with Gasteiger partial charge in [-0.1, -0.05) is 24.3 Å². The van der Waals surface area contributed by atoms with Gasteiger partial charge in [0.05, 0.1) is 17.4 Å². The van der Waals surface area contributed by atoms with Crippen LogP contribution in [-0.4, -0.2) is 28.0 Å². The zero-order valence-corrected chi connectivity index (χ0v) is 17.4. The Bertz CT molecular complexity index is 1450. The molecule has 2 aliphatic rings. The van der Waals surface area contributed by atoms with Crippen LogP contribution >= 0.6 is 0 Å². The number of hydrogen-bond acceptors (Lipinski definition) is 2. The van der Waals surface area contributed by atoms with E-state index in [-0.39, 0.29) is 0 Å². The minimum absolute atomic E-state index is 0.998. The van der Waals surface area contributed by atoms with Crippen LogP contribution in [0.15, 0.2) is 60.9 Å². The Morgan fingerprint density at radius 3 is 2.68 bits per heavy atom. The first-order valence-electron chi connectivity index (χ1n) is 11.3. The number of imidazole rings is 1. The maximum absolute atomic E-state index is 4.33. The summed E-state index contributed by atoms with van der Waals surface area (Å²) in [6.07, 6.45) is 6.71. The van der Waals surface area contributed by atoms with Gasteiger partial charge in [-0.2, -0.15) is 0 Å². The fourth-order valence-electron chi connectivity index (χ4n) is 5.61. The third-order valence-electron chi connectivity index (χ3n) is 7.07. The van der Waals surface area contributed by atoms with Gasteiger partial charge < -0.3 is 14.9 Å². The van der Waals surface area contributed by atoms with Gasteiger partial charge in [-0.15, -0.1) is 0 Å². The average molecular weight is 405 g/mol. The van der Waals surface area contributed by atoms with E-state index in [2.05, 4.69) is 74.4 Å². The van der Waals surface area contributed by atoms with Gasteiger partial charge >= 0.3 is 0 Å². The number of H-pyrrole nitrogens is 2. The number of nitrogens with zero attached hydrogens (tertiary/aromatic N) is 2. The predicted molar refractivity (Wildman–Crippen MR) is 128 cm³/mol. The summed E-state index contributed by atoms with van der Waals surface area (Å²) in [5, 5.41) is 1.26. The first kappa shape index (κ1) is 17.2. The highest BCUT2D eigenvalue weighted by Crippen LogP contribution is 2.41. The molecule has 0 atom stereocenters. The molecular weight excluding hydrogens is 380 g/mol. The monoisotopic (exact) mass is 404 g/mol. The smallest absolute Gasteiger partial charge is 0.0931 e. The molecule has 2 N–H and O–H groups in total. The van der Waals surface area contributed by atoms with Gasteiger partial charge in [-0.25, -0.2) is 4.98 Å². The van der Waals surface area contributed by atoms with Crippen molar-refractivity contribution in [3.05, 3.63) is 72.1 Å². The van der Waals surface area contributed by atoms with Crippen LogP contribution in [0.2, 0.25) is 0 Å². The SMILES string of the molecule is c1nc2ccc(-c3cc4cc(-c5ccc6c7c5CCCN7CCC6)ccc4[nH]3)cc2[nH]1. The number of nitrogens with one attached hydrogen (secondary N) is 2. The molecule has 0 bridgehead atoms. The molecule has 0 aliphatic carbocycles. The van der Waals surface area contributed by atoms with E-state index in [1.165, 1.54) is 72.1 Å². The standard InChI is InChI=1S/C27H24N4/c1-3-17-5-8-21(22-4-2-12-31(11-1)27(17)22)18-6-9-23-20(13-18)15-25(30-23)19-7-10-24-26(14-19)29-16-28-24/h5-10,13-16,30H,1-4,11-12H2,(H,28,29). The molecule has 2 aromatic heterocycles. The Morgan fingerprint density at radius 2 is 1.71 bits per heavy atom. The van der Waals surface area contributed by atoms with E-state index in [1.54, 1.807) is 17.5 Å². The highest BCUT2D eigenvalue weighted by Gasteiger charge is 2.25. The molecule has 31 heavy (non-hydrogen) atoms. The molecule has 4 heteroatoms. The summed E-state index contributed by atoms with van der Waals surface area (Å²) < 4.78 is 0. The second kappa shape index (κ2) is 6.48. The van der Waals surface area contributed by atoms with E-state index in [4.69, 9.17) is 0 Å². The quantitative estimate of drug-likeness (QED) is 0.375. The Kier molecular flexibility index (Phi) is 3.59. The van der Waals surface area contributed by atoms with Crippen LogP contribution in [0.5, 0.6) is 0 Å². The van der Waals surface area contributed by atoms with Gasteiger partial charge in [0.15, 0.2) is 0 Å². The minimum Gasteiger partial charge on any atom is -0.371 e. The number of benzene rings is 3. The second-order valence-electron chi connectivity index (χ2n) is 8.91. The summed E-state index contributed by atoms with van der Waals surface area (Å²) in [6.45, 7) is 2.43. The summed E-state index contributed by atoms with van der Waals surface area (Å²) in [5.74, 6) is 0. The normalized spacial score (nSPS) is 15.5. The second-order valence-corrected chi connectivity index (χ2v) is 8.91. The molecule has 3 aromatic carbocycles. The van der Waals surface area contributed by atoms with Gasteiger partial charge in [0.25, 0.3) is 0 Å². The van der Waals surface area contributed by atoms with Gasteiger partial charge in [-0.05, 0) is 78.3 Å². The van der Waals surface area contributed by atoms with Crippen molar-refractivity contribution < 1.29 is 0 Å². The van der Waals surface area contributed by atoms with Crippen LogP contribution in [0.3, 0.4) is 0 Å². The lowest BCUT2D eigenvalue weighted by Gasteiger charge is -2.38. The summed E-state index contributed by atoms with van der Waals surface area (Å²) in [5.41, 5.74) is 12.9. The van der Waals surface area contributed by atoms with Crippen molar-refractivity contribution in [3.8, 4) is 22.4 Å². The molecule has 4 nitrogen and oxygen atoms in total. The maximum atomic E-state index is 4.33. The number of hydrogen-bond donors (Lipinski definition) is 2. The fraction of sp³-hybridized carbons (Fsp3) is 0.222. The molecule has 5 aromatic rings. The van der Waals surface area contributed by atoms with Crippen LogP contribution < -0.4 is 4.90 Å². The molecule has 0 amide bonds. The van der Waals surface area contributed by atoms with E-state index in [1.807, 2.05) is 0 Å². The Labute approximate surface area is 180 Å². The molecule has 0 radical (unpaired) electrons. The highest BCUT2D eigenvalue weighted by atomic mass is 15.1. The fourth-order valence-corrected chi connectivity index (χ4v) is 5.61. The Balaban J connectivity index is 1.34. The van der Waals surface area contributed by atoms with Gasteiger partial charge in [0.1, 0.15) is 0 Å². The zero-order chi connectivity index (χ0) is 20.4. The topological polar surface area (TPSA) is 47.7 Å². The molecular formula is C27H24N4. The van der Waals surface area contributed by atoms with Crippen LogP contribution in [0.1, 0.15) is 24.0 Å². The van der Waals surface area contributed by atoms with Crippen molar-refractivity contribution >= 4 is 27.6 Å². The number of fused-ring (bicyclic) bond motifs is 2. The summed E-state index contributed by atoms with van der Waals surface area (Å²) >= 11 is 0. The molecule has 2 aliphatic heterocycles. The summed E-state index contributed by atoms with van der Waals surface area (Å²) in [7, 11) is 0. The molecule has 0 unspecified atom stereocenters. The minimum atomic E-state index is 0.998. The average Bonchev–Trinajstić information content (AvgIpc) is 3.45. The van der Waals surface area contributed by atoms with Crippen LogP contribution in [0.25, 0.3) is 44.3 Å². The van der Waals surface area contributed by atoms with Gasteiger partial charge in [0.2, 0.25) is 0 Å². The number of aryl methyl sites for hydroxylation is 1. The van der Waals surface area contributed by atoms with Crippen molar-refractivity contribution in [3.63, 3.8) is 0 Å². The predicted octanol–water partition coefficient (Wildman–Crippen LogP) is 6.08. The lowest BCUT2D eigenvalue weighted by molar-refractivity contribution is 0.635.